The molecule has 0 aliphatic rings. The van der Waals surface area contributed by atoms with Crippen LogP contribution in [0.25, 0.3) is 22.1 Å². The molecule has 35 heavy (non-hydrogen) atoms. The van der Waals surface area contributed by atoms with E-state index in [0.29, 0.717) is 29.5 Å². The van der Waals surface area contributed by atoms with Crippen LogP contribution in [0.5, 0.6) is 5.75 Å². The first-order chi connectivity index (χ1) is 16.8. The number of aliphatic hydroxyl groups excluding tert-OH is 1. The van der Waals surface area contributed by atoms with Crippen LogP contribution in [-0.2, 0) is 0 Å². The number of nitrogen functional groups attached to an aromatic ring is 1. The zero-order valence-electron chi connectivity index (χ0n) is 18.6. The van der Waals surface area contributed by atoms with Crippen molar-refractivity contribution < 1.29 is 23.4 Å². The second-order valence-electron chi connectivity index (χ2n) is 7.79. The Labute approximate surface area is 210 Å². The number of fused-ring (bicyclic) bond motifs is 1. The third kappa shape index (κ3) is 5.05. The molecule has 2 heterocycles. The molecule has 1 atom stereocenters. The van der Waals surface area contributed by atoms with Gasteiger partial charge in [-0.25, -0.2) is 9.37 Å². The van der Waals surface area contributed by atoms with Gasteiger partial charge >= 0.3 is 0 Å². The number of carbonyl (C=O) groups excluding carboxylic acids is 1. The fourth-order valence-electron chi connectivity index (χ4n) is 3.65. The van der Waals surface area contributed by atoms with E-state index in [4.69, 9.17) is 43.2 Å². The normalized spacial score (nSPS) is 12.0. The number of pyridine rings is 1. The molecule has 182 valence electrons. The molecule has 0 spiro atoms. The Bertz CT molecular complexity index is 1380. The van der Waals surface area contributed by atoms with E-state index in [9.17, 15) is 9.18 Å². The number of halogens is 3. The summed E-state index contributed by atoms with van der Waals surface area (Å²) >= 11 is 12.4. The first-order valence-corrected chi connectivity index (χ1v) is 11.5. The lowest BCUT2D eigenvalue weighted by molar-refractivity contribution is 0.0951. The maximum atomic E-state index is 14.0. The van der Waals surface area contributed by atoms with E-state index in [2.05, 4.69) is 10.3 Å². The third-order valence-electron chi connectivity index (χ3n) is 5.46. The molecule has 4 N–H and O–H groups in total. The predicted molar refractivity (Wildman–Crippen MR) is 133 cm³/mol. The standard InChI is InChI=1S/C25H22Cl2FN3O4/c1-13(20-18(26)7-8-19(28)21(20)27)35-23-22-16(11-31-24(23)29)17(12-34-22)14-3-5-15(6-4-14)25(33)30-9-2-10-32/h3-8,11-13,32H,2,9-10H2,1H3,(H2,29,31)(H,30,33)/t13-/m1/s1. The van der Waals surface area contributed by atoms with Crippen molar-refractivity contribution in [2.75, 3.05) is 18.9 Å². The summed E-state index contributed by atoms with van der Waals surface area (Å²) in [7, 11) is 0. The molecule has 0 radical (unpaired) electrons. The van der Waals surface area contributed by atoms with Crippen molar-refractivity contribution >= 4 is 45.9 Å². The molecule has 7 nitrogen and oxygen atoms in total. The van der Waals surface area contributed by atoms with Gasteiger partial charge in [-0.05, 0) is 43.2 Å². The predicted octanol–water partition coefficient (Wildman–Crippen LogP) is 5.78. The molecular weight excluding hydrogens is 496 g/mol. The van der Waals surface area contributed by atoms with Crippen LogP contribution in [0.3, 0.4) is 0 Å². The Hall–Kier alpha value is -3.33. The lowest BCUT2D eigenvalue weighted by Crippen LogP contribution is -2.24. The molecule has 0 unspecified atom stereocenters. The largest absolute Gasteiger partial charge is 0.478 e. The van der Waals surface area contributed by atoms with Crippen molar-refractivity contribution in [3.8, 4) is 16.9 Å². The summed E-state index contributed by atoms with van der Waals surface area (Å²) in [5.74, 6) is -0.575. The number of carbonyl (C=O) groups is 1. The molecule has 4 aromatic rings. The van der Waals surface area contributed by atoms with Crippen molar-refractivity contribution in [3.63, 3.8) is 0 Å². The summed E-state index contributed by atoms with van der Waals surface area (Å²) in [6.07, 6.45) is 2.85. The molecular formula is C25H22Cl2FN3O4. The molecule has 1 amide bonds. The van der Waals surface area contributed by atoms with Gasteiger partial charge in [-0.2, -0.15) is 0 Å². The van der Waals surface area contributed by atoms with Gasteiger partial charge < -0.3 is 25.3 Å². The van der Waals surface area contributed by atoms with Gasteiger partial charge in [0.05, 0.1) is 16.7 Å². The Balaban J connectivity index is 1.63. The molecule has 0 saturated heterocycles. The van der Waals surface area contributed by atoms with Crippen LogP contribution >= 0.6 is 23.2 Å². The third-order valence-corrected chi connectivity index (χ3v) is 6.17. The van der Waals surface area contributed by atoms with E-state index in [-0.39, 0.29) is 39.7 Å². The van der Waals surface area contributed by atoms with Crippen LogP contribution < -0.4 is 15.8 Å². The Kier molecular flexibility index (Phi) is 7.45. The summed E-state index contributed by atoms with van der Waals surface area (Å²) in [6.45, 7) is 2.07. The van der Waals surface area contributed by atoms with Gasteiger partial charge in [-0.3, -0.25) is 4.79 Å². The van der Waals surface area contributed by atoms with E-state index in [1.54, 1.807) is 43.6 Å². The number of nitrogens with two attached hydrogens (primary N) is 1. The highest BCUT2D eigenvalue weighted by molar-refractivity contribution is 6.36. The number of ether oxygens (including phenoxy) is 1. The summed E-state index contributed by atoms with van der Waals surface area (Å²) in [4.78, 5) is 16.4. The number of amides is 1. The number of aromatic nitrogens is 1. The van der Waals surface area contributed by atoms with Crippen molar-refractivity contribution in [1.29, 1.82) is 0 Å². The fourth-order valence-corrected chi connectivity index (χ4v) is 4.33. The minimum atomic E-state index is -0.752. The van der Waals surface area contributed by atoms with Crippen LogP contribution in [0, 0.1) is 5.82 Å². The number of furan rings is 1. The first kappa shape index (κ1) is 24.8. The smallest absolute Gasteiger partial charge is 0.251 e. The number of aliphatic hydroxyl groups is 1. The molecule has 0 saturated carbocycles. The zero-order valence-corrected chi connectivity index (χ0v) is 20.2. The number of benzene rings is 2. The molecule has 0 aliphatic heterocycles. The number of nitrogens with one attached hydrogen (secondary N) is 1. The molecule has 2 aromatic carbocycles. The molecule has 0 bridgehead atoms. The van der Waals surface area contributed by atoms with E-state index in [1.165, 1.54) is 12.1 Å². The number of hydrogen-bond donors (Lipinski definition) is 3. The maximum Gasteiger partial charge on any atom is 0.251 e. The number of anilines is 1. The van der Waals surface area contributed by atoms with Crippen LogP contribution in [0.2, 0.25) is 10.0 Å². The van der Waals surface area contributed by atoms with Crippen molar-refractivity contribution in [3.05, 3.63) is 75.8 Å². The minimum Gasteiger partial charge on any atom is -0.478 e. The number of hydrogen-bond acceptors (Lipinski definition) is 6. The Morgan fingerprint density at radius 1 is 1.26 bits per heavy atom. The van der Waals surface area contributed by atoms with Crippen molar-refractivity contribution in [2.45, 2.75) is 19.4 Å². The van der Waals surface area contributed by atoms with Crippen LogP contribution in [0.4, 0.5) is 10.2 Å². The van der Waals surface area contributed by atoms with Gasteiger partial charge in [0.15, 0.2) is 11.4 Å². The monoisotopic (exact) mass is 517 g/mol. The zero-order chi connectivity index (χ0) is 25.1. The van der Waals surface area contributed by atoms with Gasteiger partial charge in [0.1, 0.15) is 11.9 Å². The lowest BCUT2D eigenvalue weighted by atomic mass is 10.0. The average molecular weight is 518 g/mol. The van der Waals surface area contributed by atoms with E-state index < -0.39 is 11.9 Å². The molecule has 10 heteroatoms. The summed E-state index contributed by atoms with van der Waals surface area (Å²) in [5, 5.41) is 12.3. The second kappa shape index (κ2) is 10.5. The van der Waals surface area contributed by atoms with Gasteiger partial charge in [0.25, 0.3) is 5.91 Å². The SMILES string of the molecule is C[C@@H](Oc1c(N)ncc2c(-c3ccc(C(=O)NCCCO)cc3)coc12)c1c(Cl)ccc(F)c1Cl. The van der Waals surface area contributed by atoms with Gasteiger partial charge in [-0.1, -0.05) is 35.3 Å². The number of rotatable bonds is 8. The Morgan fingerprint density at radius 3 is 2.71 bits per heavy atom. The quantitative estimate of drug-likeness (QED) is 0.202. The minimum absolute atomic E-state index is 0.0120. The summed E-state index contributed by atoms with van der Waals surface area (Å²) in [6, 6.07) is 9.55. The highest BCUT2D eigenvalue weighted by atomic mass is 35.5. The average Bonchev–Trinajstić information content (AvgIpc) is 3.28. The van der Waals surface area contributed by atoms with Crippen molar-refractivity contribution in [2.24, 2.45) is 0 Å². The molecule has 0 aliphatic carbocycles. The second-order valence-corrected chi connectivity index (χ2v) is 8.58. The molecule has 2 aromatic heterocycles. The summed E-state index contributed by atoms with van der Waals surface area (Å²) in [5.41, 5.74) is 8.71. The molecule has 4 rings (SSSR count). The van der Waals surface area contributed by atoms with Crippen molar-refractivity contribution in [1.82, 2.24) is 10.3 Å². The highest BCUT2D eigenvalue weighted by Crippen LogP contribution is 2.41. The summed E-state index contributed by atoms with van der Waals surface area (Å²) < 4.78 is 25.8. The Morgan fingerprint density at radius 2 is 2.00 bits per heavy atom. The highest BCUT2D eigenvalue weighted by Gasteiger charge is 2.23. The first-order valence-electron chi connectivity index (χ1n) is 10.8. The lowest BCUT2D eigenvalue weighted by Gasteiger charge is -2.18. The molecule has 0 fully saturated rings. The van der Waals surface area contributed by atoms with Gasteiger partial charge in [0, 0.05) is 41.1 Å². The van der Waals surface area contributed by atoms with Crippen LogP contribution in [0.15, 0.2) is 53.3 Å². The fraction of sp³-hybridized carbons (Fsp3) is 0.200. The van der Waals surface area contributed by atoms with Crippen LogP contribution in [0.1, 0.15) is 35.4 Å². The van der Waals surface area contributed by atoms with E-state index in [1.807, 2.05) is 0 Å². The number of nitrogens with zero attached hydrogens (tertiary/aromatic N) is 1. The van der Waals surface area contributed by atoms with Crippen LogP contribution in [-0.4, -0.2) is 29.1 Å². The van der Waals surface area contributed by atoms with Gasteiger partial charge in [-0.15, -0.1) is 0 Å². The van der Waals surface area contributed by atoms with Gasteiger partial charge in [0.2, 0.25) is 5.75 Å². The topological polar surface area (TPSA) is 111 Å². The van der Waals surface area contributed by atoms with E-state index >= 15 is 0 Å². The van der Waals surface area contributed by atoms with E-state index in [0.717, 1.165) is 11.1 Å². The maximum absolute atomic E-state index is 14.0.